The third-order valence-electron chi connectivity index (χ3n) is 5.24. The molecular weight excluding hydrogens is 404 g/mol. The maximum atomic E-state index is 12.8. The molecule has 0 unspecified atom stereocenters. The first-order valence-electron chi connectivity index (χ1n) is 10.0. The number of hydrogen-bond acceptors (Lipinski definition) is 5. The van der Waals surface area contributed by atoms with E-state index in [0.29, 0.717) is 36.0 Å². The molecule has 2 aromatic carbocycles. The first kappa shape index (κ1) is 22.1. The average molecular weight is 431 g/mol. The number of methoxy groups -OCH3 is 1. The van der Waals surface area contributed by atoms with Crippen molar-refractivity contribution < 1.29 is 19.1 Å². The summed E-state index contributed by atoms with van der Waals surface area (Å²) in [6.07, 6.45) is 0.226. The van der Waals surface area contributed by atoms with Crippen LogP contribution < -0.4 is 9.47 Å². The molecule has 7 heteroatoms. The van der Waals surface area contributed by atoms with Gasteiger partial charge >= 0.3 is 0 Å². The van der Waals surface area contributed by atoms with Crippen LogP contribution in [0.3, 0.4) is 0 Å². The zero-order chi connectivity index (χ0) is 21.5. The summed E-state index contributed by atoms with van der Waals surface area (Å²) in [4.78, 5) is 28.6. The number of carbonyl (C=O) groups excluding carboxylic acids is 2. The van der Waals surface area contributed by atoms with Gasteiger partial charge in [0.15, 0.2) is 5.78 Å². The Morgan fingerprint density at radius 1 is 1.03 bits per heavy atom. The first-order chi connectivity index (χ1) is 14.5. The molecule has 2 aromatic rings. The summed E-state index contributed by atoms with van der Waals surface area (Å²) in [5, 5.41) is 0.689. The number of nitrogens with zero attached hydrogens (tertiary/aromatic N) is 2. The van der Waals surface area contributed by atoms with Crippen LogP contribution in [0.1, 0.15) is 22.8 Å². The molecule has 0 spiro atoms. The second-order valence-electron chi connectivity index (χ2n) is 7.28. The van der Waals surface area contributed by atoms with Gasteiger partial charge in [-0.05, 0) is 49.4 Å². The number of halogens is 1. The third kappa shape index (κ3) is 5.97. The van der Waals surface area contributed by atoms with Gasteiger partial charge in [0.2, 0.25) is 5.91 Å². The number of rotatable bonds is 8. The highest BCUT2D eigenvalue weighted by Gasteiger charge is 2.22. The maximum Gasteiger partial charge on any atom is 0.227 e. The lowest BCUT2D eigenvalue weighted by molar-refractivity contribution is -0.132. The molecule has 0 N–H and O–H groups in total. The summed E-state index contributed by atoms with van der Waals surface area (Å²) < 4.78 is 11.1. The number of ketones is 1. The molecule has 1 aliphatic heterocycles. The maximum absolute atomic E-state index is 12.8. The average Bonchev–Trinajstić information content (AvgIpc) is 2.75. The Hall–Kier alpha value is -2.57. The van der Waals surface area contributed by atoms with Crippen molar-refractivity contribution in [2.45, 2.75) is 13.3 Å². The van der Waals surface area contributed by atoms with Crippen LogP contribution in [0.5, 0.6) is 11.5 Å². The number of carbonyl (C=O) groups is 2. The van der Waals surface area contributed by atoms with Gasteiger partial charge in [-0.25, -0.2) is 0 Å². The molecular formula is C23H27ClN2O4. The highest BCUT2D eigenvalue weighted by Crippen LogP contribution is 2.22. The van der Waals surface area contributed by atoms with Crippen molar-refractivity contribution in [1.29, 1.82) is 0 Å². The lowest BCUT2D eigenvalue weighted by Crippen LogP contribution is -2.50. The van der Waals surface area contributed by atoms with Crippen LogP contribution in [0.4, 0.5) is 0 Å². The van der Waals surface area contributed by atoms with Gasteiger partial charge in [-0.3, -0.25) is 14.5 Å². The highest BCUT2D eigenvalue weighted by molar-refractivity contribution is 6.30. The summed E-state index contributed by atoms with van der Waals surface area (Å²) in [6.45, 7) is 5.87. The molecule has 160 valence electrons. The minimum absolute atomic E-state index is 0.0271. The molecule has 1 aliphatic rings. The fraction of sp³-hybridized carbons (Fsp3) is 0.391. The van der Waals surface area contributed by atoms with Crippen LogP contribution in [0, 0.1) is 0 Å². The molecule has 1 amide bonds. The van der Waals surface area contributed by atoms with E-state index in [1.807, 2.05) is 29.2 Å². The Labute approximate surface area is 182 Å². The van der Waals surface area contributed by atoms with E-state index in [1.54, 1.807) is 25.3 Å². The zero-order valence-electron chi connectivity index (χ0n) is 17.4. The summed E-state index contributed by atoms with van der Waals surface area (Å²) in [5.74, 6) is 1.45. The van der Waals surface area contributed by atoms with Gasteiger partial charge in [-0.2, -0.15) is 0 Å². The fourth-order valence-corrected chi connectivity index (χ4v) is 3.58. The van der Waals surface area contributed by atoms with Crippen LogP contribution in [-0.2, 0) is 11.2 Å². The Morgan fingerprint density at radius 2 is 1.73 bits per heavy atom. The molecule has 0 saturated carbocycles. The van der Waals surface area contributed by atoms with Crippen molar-refractivity contribution in [2.75, 3.05) is 46.4 Å². The van der Waals surface area contributed by atoms with E-state index < -0.39 is 0 Å². The molecule has 0 bridgehead atoms. The van der Waals surface area contributed by atoms with Crippen LogP contribution >= 0.6 is 11.6 Å². The van der Waals surface area contributed by atoms with Crippen molar-refractivity contribution in [2.24, 2.45) is 0 Å². The van der Waals surface area contributed by atoms with E-state index in [4.69, 9.17) is 21.1 Å². The second-order valence-corrected chi connectivity index (χ2v) is 7.72. The molecule has 30 heavy (non-hydrogen) atoms. The van der Waals surface area contributed by atoms with E-state index >= 15 is 0 Å². The predicted octanol–water partition coefficient (Wildman–Crippen LogP) is 3.32. The van der Waals surface area contributed by atoms with Gasteiger partial charge in [0, 0.05) is 48.9 Å². The van der Waals surface area contributed by atoms with Crippen molar-refractivity contribution in [3.8, 4) is 11.5 Å². The van der Waals surface area contributed by atoms with Crippen LogP contribution in [0.15, 0.2) is 42.5 Å². The molecule has 0 aromatic heterocycles. The fourth-order valence-electron chi connectivity index (χ4n) is 3.45. The summed E-state index contributed by atoms with van der Waals surface area (Å²) in [6, 6.07) is 12.6. The molecule has 1 saturated heterocycles. The standard InChI is InChI=1S/C23H27ClN2O4/c1-17(27)18-3-8-22(29-2)19(15-18)16-23(28)26-11-9-25(10-12-26)13-14-30-21-6-4-20(24)5-7-21/h3-8,15H,9-14,16H2,1-2H3. The number of benzene rings is 2. The highest BCUT2D eigenvalue weighted by atomic mass is 35.5. The molecule has 0 aliphatic carbocycles. The number of amides is 1. The van der Waals surface area contributed by atoms with E-state index in [2.05, 4.69) is 4.90 Å². The second kappa shape index (κ2) is 10.5. The van der Waals surface area contributed by atoms with Crippen molar-refractivity contribution in [3.63, 3.8) is 0 Å². The number of hydrogen-bond donors (Lipinski definition) is 0. The Bertz CT molecular complexity index is 877. The summed E-state index contributed by atoms with van der Waals surface area (Å²) >= 11 is 5.88. The SMILES string of the molecule is COc1ccc(C(C)=O)cc1CC(=O)N1CCN(CCOc2ccc(Cl)cc2)CC1. The molecule has 0 radical (unpaired) electrons. The normalized spacial score (nSPS) is 14.4. The molecule has 6 nitrogen and oxygen atoms in total. The predicted molar refractivity (Wildman–Crippen MR) is 117 cm³/mol. The topological polar surface area (TPSA) is 59.1 Å². The monoisotopic (exact) mass is 430 g/mol. The quantitative estimate of drug-likeness (QED) is 0.601. The lowest BCUT2D eigenvalue weighted by Gasteiger charge is -2.34. The minimum atomic E-state index is -0.0271. The summed E-state index contributed by atoms with van der Waals surface area (Å²) in [5.41, 5.74) is 1.33. The summed E-state index contributed by atoms with van der Waals surface area (Å²) in [7, 11) is 1.57. The van der Waals surface area contributed by atoms with Gasteiger partial charge in [0.25, 0.3) is 0 Å². The number of Topliss-reactive ketones (excluding diaryl/α,β-unsaturated/α-hetero) is 1. The molecule has 3 rings (SSSR count). The van der Waals surface area contributed by atoms with Crippen molar-refractivity contribution >= 4 is 23.3 Å². The lowest BCUT2D eigenvalue weighted by atomic mass is 10.0. The zero-order valence-corrected chi connectivity index (χ0v) is 18.2. The van der Waals surface area contributed by atoms with E-state index in [0.717, 1.165) is 30.9 Å². The number of ether oxygens (including phenoxy) is 2. The molecule has 1 fully saturated rings. The Kier molecular flexibility index (Phi) is 7.71. The van der Waals surface area contributed by atoms with Crippen LogP contribution in [0.25, 0.3) is 0 Å². The van der Waals surface area contributed by atoms with Gasteiger partial charge in [0.05, 0.1) is 13.5 Å². The van der Waals surface area contributed by atoms with Gasteiger partial charge < -0.3 is 14.4 Å². The Balaban J connectivity index is 1.46. The molecule has 1 heterocycles. The first-order valence-corrected chi connectivity index (χ1v) is 10.4. The van der Waals surface area contributed by atoms with Crippen molar-refractivity contribution in [3.05, 3.63) is 58.6 Å². The number of piperazine rings is 1. The van der Waals surface area contributed by atoms with Gasteiger partial charge in [-0.1, -0.05) is 11.6 Å². The van der Waals surface area contributed by atoms with E-state index in [-0.39, 0.29) is 18.1 Å². The van der Waals surface area contributed by atoms with E-state index in [9.17, 15) is 9.59 Å². The Morgan fingerprint density at radius 3 is 2.37 bits per heavy atom. The van der Waals surface area contributed by atoms with E-state index in [1.165, 1.54) is 6.92 Å². The smallest absolute Gasteiger partial charge is 0.227 e. The largest absolute Gasteiger partial charge is 0.496 e. The van der Waals surface area contributed by atoms with Gasteiger partial charge in [-0.15, -0.1) is 0 Å². The third-order valence-corrected chi connectivity index (χ3v) is 5.50. The van der Waals surface area contributed by atoms with Crippen LogP contribution in [-0.4, -0.2) is 67.9 Å². The van der Waals surface area contributed by atoms with Gasteiger partial charge in [0.1, 0.15) is 18.1 Å². The van der Waals surface area contributed by atoms with Crippen molar-refractivity contribution in [1.82, 2.24) is 9.80 Å². The molecule has 0 atom stereocenters. The minimum Gasteiger partial charge on any atom is -0.496 e. The van der Waals surface area contributed by atoms with Crippen LogP contribution in [0.2, 0.25) is 5.02 Å².